The first-order chi connectivity index (χ1) is 14.5. The number of amides is 1. The molecule has 0 bridgehead atoms. The van der Waals surface area contributed by atoms with Crippen molar-refractivity contribution < 1.29 is 18.7 Å². The van der Waals surface area contributed by atoms with Gasteiger partial charge < -0.3 is 24.1 Å². The van der Waals surface area contributed by atoms with Crippen LogP contribution in [0.3, 0.4) is 0 Å². The number of carbonyl (C=O) groups excluding carboxylic acids is 1. The second-order valence-corrected chi connectivity index (χ2v) is 8.04. The van der Waals surface area contributed by atoms with E-state index in [1.54, 1.807) is 0 Å². The summed E-state index contributed by atoms with van der Waals surface area (Å²) in [6.45, 7) is 4.35. The number of benzene rings is 2. The molecule has 2 aromatic carbocycles. The van der Waals surface area contributed by atoms with Crippen LogP contribution in [0.25, 0.3) is 11.0 Å². The van der Waals surface area contributed by atoms with Gasteiger partial charge in [0, 0.05) is 36.0 Å². The first-order valence-corrected chi connectivity index (χ1v) is 10.3. The molecule has 0 radical (unpaired) electrons. The Morgan fingerprint density at radius 1 is 1.23 bits per heavy atom. The standard InChI is InChI=1S/C24H28N2O4/c1-16-8-9-17(22(12-16)29-18-10-11-28-15-18)13-25-24(27)23-20(14-26(2)3)19-6-4-5-7-21(19)30-23/h4-9,12,18H,10-11,13-15H2,1-3H3,(H,25,27). The van der Waals surface area contributed by atoms with Crippen molar-refractivity contribution >= 4 is 16.9 Å². The highest BCUT2D eigenvalue weighted by molar-refractivity contribution is 5.99. The highest BCUT2D eigenvalue weighted by Gasteiger charge is 2.22. The molecule has 6 nitrogen and oxygen atoms in total. The highest BCUT2D eigenvalue weighted by Crippen LogP contribution is 2.28. The molecule has 30 heavy (non-hydrogen) atoms. The molecule has 1 aromatic heterocycles. The molecule has 0 saturated carbocycles. The molecule has 0 aliphatic carbocycles. The summed E-state index contributed by atoms with van der Waals surface area (Å²) in [4.78, 5) is 15.1. The quantitative estimate of drug-likeness (QED) is 0.642. The predicted molar refractivity (Wildman–Crippen MR) is 116 cm³/mol. The summed E-state index contributed by atoms with van der Waals surface area (Å²) in [5.41, 5.74) is 3.67. The number of furan rings is 1. The van der Waals surface area contributed by atoms with Crippen LogP contribution in [-0.2, 0) is 17.8 Å². The number of ether oxygens (including phenoxy) is 2. The molecule has 1 atom stereocenters. The lowest BCUT2D eigenvalue weighted by atomic mass is 10.1. The Labute approximate surface area is 176 Å². The number of hydrogen-bond donors (Lipinski definition) is 1. The van der Waals surface area contributed by atoms with Gasteiger partial charge in [-0.05, 0) is 38.7 Å². The van der Waals surface area contributed by atoms with Crippen molar-refractivity contribution in [1.29, 1.82) is 0 Å². The lowest BCUT2D eigenvalue weighted by molar-refractivity contribution is 0.0922. The molecule has 1 fully saturated rings. The van der Waals surface area contributed by atoms with E-state index < -0.39 is 0 Å². The maximum Gasteiger partial charge on any atom is 0.287 e. The molecule has 1 unspecified atom stereocenters. The van der Waals surface area contributed by atoms with Crippen molar-refractivity contribution in [2.24, 2.45) is 0 Å². The van der Waals surface area contributed by atoms with Crippen LogP contribution in [0, 0.1) is 6.92 Å². The zero-order chi connectivity index (χ0) is 21.1. The number of fused-ring (bicyclic) bond motifs is 1. The van der Waals surface area contributed by atoms with Gasteiger partial charge in [0.15, 0.2) is 5.76 Å². The van der Waals surface area contributed by atoms with Gasteiger partial charge in [-0.15, -0.1) is 0 Å². The van der Waals surface area contributed by atoms with Crippen molar-refractivity contribution in [2.75, 3.05) is 27.3 Å². The zero-order valence-electron chi connectivity index (χ0n) is 17.7. The van der Waals surface area contributed by atoms with Crippen LogP contribution in [0.5, 0.6) is 5.75 Å². The molecule has 1 amide bonds. The molecule has 158 valence electrons. The number of aryl methyl sites for hydroxylation is 1. The SMILES string of the molecule is Cc1ccc(CNC(=O)c2oc3ccccc3c2CN(C)C)c(OC2CCOC2)c1. The van der Waals surface area contributed by atoms with E-state index in [-0.39, 0.29) is 12.0 Å². The highest BCUT2D eigenvalue weighted by atomic mass is 16.5. The summed E-state index contributed by atoms with van der Waals surface area (Å²) in [5.74, 6) is 0.936. The van der Waals surface area contributed by atoms with Crippen molar-refractivity contribution in [3.63, 3.8) is 0 Å². The van der Waals surface area contributed by atoms with E-state index >= 15 is 0 Å². The van der Waals surface area contributed by atoms with Gasteiger partial charge in [-0.3, -0.25) is 4.79 Å². The van der Waals surface area contributed by atoms with Gasteiger partial charge in [-0.25, -0.2) is 0 Å². The summed E-state index contributed by atoms with van der Waals surface area (Å²) >= 11 is 0. The minimum Gasteiger partial charge on any atom is -0.488 e. The molecule has 6 heteroatoms. The summed E-state index contributed by atoms with van der Waals surface area (Å²) < 4.78 is 17.5. The molecule has 2 heterocycles. The first kappa shape index (κ1) is 20.4. The van der Waals surface area contributed by atoms with E-state index in [1.807, 2.05) is 68.4 Å². The Kier molecular flexibility index (Phi) is 6.06. The van der Waals surface area contributed by atoms with Gasteiger partial charge in [-0.2, -0.15) is 0 Å². The molecular weight excluding hydrogens is 380 g/mol. The van der Waals surface area contributed by atoms with Crippen LogP contribution in [0.2, 0.25) is 0 Å². The van der Waals surface area contributed by atoms with Gasteiger partial charge in [0.25, 0.3) is 5.91 Å². The Bertz CT molecular complexity index is 1030. The van der Waals surface area contributed by atoms with E-state index in [1.165, 1.54) is 0 Å². The Hall–Kier alpha value is -2.83. The van der Waals surface area contributed by atoms with E-state index in [0.717, 1.165) is 46.4 Å². The molecular formula is C24H28N2O4. The Balaban J connectivity index is 1.54. The normalized spacial score (nSPS) is 16.3. The van der Waals surface area contributed by atoms with Crippen LogP contribution in [0.1, 0.15) is 33.7 Å². The van der Waals surface area contributed by atoms with Gasteiger partial charge in [0.05, 0.1) is 13.2 Å². The third-order valence-electron chi connectivity index (χ3n) is 5.22. The molecule has 1 saturated heterocycles. The minimum absolute atomic E-state index is 0.0586. The fourth-order valence-electron chi connectivity index (χ4n) is 3.71. The molecule has 0 spiro atoms. The van der Waals surface area contributed by atoms with Crippen LogP contribution in [0.4, 0.5) is 0 Å². The van der Waals surface area contributed by atoms with Crippen molar-refractivity contribution in [3.8, 4) is 5.75 Å². The minimum atomic E-state index is -0.223. The van der Waals surface area contributed by atoms with E-state index in [0.29, 0.717) is 25.5 Å². The fraction of sp³-hybridized carbons (Fsp3) is 0.375. The van der Waals surface area contributed by atoms with Crippen molar-refractivity contribution in [3.05, 3.63) is 64.9 Å². The van der Waals surface area contributed by atoms with Gasteiger partial charge >= 0.3 is 0 Å². The second kappa shape index (κ2) is 8.90. The first-order valence-electron chi connectivity index (χ1n) is 10.3. The lowest BCUT2D eigenvalue weighted by Crippen LogP contribution is -2.25. The van der Waals surface area contributed by atoms with E-state index in [9.17, 15) is 4.79 Å². The Morgan fingerprint density at radius 2 is 2.07 bits per heavy atom. The van der Waals surface area contributed by atoms with Gasteiger partial charge in [-0.1, -0.05) is 30.3 Å². The smallest absolute Gasteiger partial charge is 0.287 e. The summed E-state index contributed by atoms with van der Waals surface area (Å²) in [5, 5.41) is 3.98. The maximum absolute atomic E-state index is 13.0. The Morgan fingerprint density at radius 3 is 2.83 bits per heavy atom. The molecule has 1 N–H and O–H groups in total. The average Bonchev–Trinajstić information content (AvgIpc) is 3.35. The number of para-hydroxylation sites is 1. The number of nitrogens with one attached hydrogen (secondary N) is 1. The average molecular weight is 408 g/mol. The molecule has 1 aliphatic heterocycles. The maximum atomic E-state index is 13.0. The predicted octanol–water partition coefficient (Wildman–Crippen LogP) is 3.90. The monoisotopic (exact) mass is 408 g/mol. The summed E-state index contributed by atoms with van der Waals surface area (Å²) in [7, 11) is 3.96. The van der Waals surface area contributed by atoms with Crippen LogP contribution >= 0.6 is 0 Å². The third-order valence-corrected chi connectivity index (χ3v) is 5.22. The van der Waals surface area contributed by atoms with Crippen LogP contribution in [0.15, 0.2) is 46.9 Å². The topological polar surface area (TPSA) is 63.9 Å². The summed E-state index contributed by atoms with van der Waals surface area (Å²) in [6, 6.07) is 13.8. The van der Waals surface area contributed by atoms with Crippen LogP contribution < -0.4 is 10.1 Å². The van der Waals surface area contributed by atoms with Crippen molar-refractivity contribution in [1.82, 2.24) is 10.2 Å². The number of nitrogens with zero attached hydrogens (tertiary/aromatic N) is 1. The van der Waals surface area contributed by atoms with Gasteiger partial charge in [0.2, 0.25) is 0 Å². The van der Waals surface area contributed by atoms with Crippen LogP contribution in [-0.4, -0.2) is 44.2 Å². The summed E-state index contributed by atoms with van der Waals surface area (Å²) in [6.07, 6.45) is 0.940. The number of rotatable bonds is 7. The lowest BCUT2D eigenvalue weighted by Gasteiger charge is -2.17. The number of hydrogen-bond acceptors (Lipinski definition) is 5. The van der Waals surface area contributed by atoms with E-state index in [2.05, 4.69) is 5.32 Å². The zero-order valence-corrected chi connectivity index (χ0v) is 17.7. The largest absolute Gasteiger partial charge is 0.488 e. The molecule has 4 rings (SSSR count). The molecule has 1 aliphatic rings. The van der Waals surface area contributed by atoms with E-state index in [4.69, 9.17) is 13.9 Å². The second-order valence-electron chi connectivity index (χ2n) is 8.04. The third kappa shape index (κ3) is 4.50. The molecule has 3 aromatic rings. The fourth-order valence-corrected chi connectivity index (χ4v) is 3.71. The van der Waals surface area contributed by atoms with Crippen molar-refractivity contribution in [2.45, 2.75) is 32.5 Å². The van der Waals surface area contributed by atoms with Gasteiger partial charge in [0.1, 0.15) is 17.4 Å². The number of carbonyl (C=O) groups is 1.